The number of hydrogen-bond acceptors (Lipinski definition) is 2. The van der Waals surface area contributed by atoms with Gasteiger partial charge in [-0.1, -0.05) is 6.92 Å². The molecule has 0 bridgehead atoms. The van der Waals surface area contributed by atoms with E-state index in [0.717, 1.165) is 32.3 Å². The normalized spacial score (nSPS) is 38.4. The fourth-order valence-electron chi connectivity index (χ4n) is 1.75. The molecule has 1 saturated carbocycles. The maximum absolute atomic E-state index is 11.6. The maximum atomic E-state index is 11.6. The first kappa shape index (κ1) is 9.00. The fraction of sp³-hybridized carbons (Fsp3) is 0.900. The van der Waals surface area contributed by atoms with Gasteiger partial charge in [0, 0.05) is 12.6 Å². The molecule has 0 aromatic heterocycles. The second-order valence-corrected chi connectivity index (χ2v) is 4.18. The van der Waals surface area contributed by atoms with Crippen molar-refractivity contribution in [3.05, 3.63) is 0 Å². The second kappa shape index (κ2) is 3.66. The van der Waals surface area contributed by atoms with Crippen LogP contribution in [0.15, 0.2) is 0 Å². The Kier molecular flexibility index (Phi) is 2.54. The molecule has 3 atom stereocenters. The van der Waals surface area contributed by atoms with Crippen molar-refractivity contribution in [3.63, 3.8) is 0 Å². The van der Waals surface area contributed by atoms with Gasteiger partial charge in [0.05, 0.1) is 0 Å². The second-order valence-electron chi connectivity index (χ2n) is 4.18. The van der Waals surface area contributed by atoms with Crippen LogP contribution in [0.1, 0.15) is 32.6 Å². The van der Waals surface area contributed by atoms with Crippen LogP contribution in [0.3, 0.4) is 0 Å². The smallest absolute Gasteiger partial charge is 0.249 e. The van der Waals surface area contributed by atoms with Crippen LogP contribution in [0.5, 0.6) is 0 Å². The molecular weight excluding hydrogens is 166 g/mol. The number of carbonyl (C=O) groups excluding carboxylic acids is 1. The largest absolute Gasteiger partial charge is 0.368 e. The number of nitrogens with one attached hydrogen (secondary N) is 1. The summed E-state index contributed by atoms with van der Waals surface area (Å²) in [6.45, 7) is 2.91. The molecule has 1 amide bonds. The summed E-state index contributed by atoms with van der Waals surface area (Å²) in [5.41, 5.74) is 0. The van der Waals surface area contributed by atoms with Crippen LogP contribution in [0.4, 0.5) is 0 Å². The summed E-state index contributed by atoms with van der Waals surface area (Å²) < 4.78 is 5.39. The molecule has 3 nitrogen and oxygen atoms in total. The van der Waals surface area contributed by atoms with Crippen molar-refractivity contribution in [2.45, 2.75) is 44.8 Å². The highest BCUT2D eigenvalue weighted by atomic mass is 16.5. The zero-order chi connectivity index (χ0) is 9.26. The van der Waals surface area contributed by atoms with E-state index in [1.54, 1.807) is 0 Å². The van der Waals surface area contributed by atoms with Crippen LogP contribution < -0.4 is 5.32 Å². The summed E-state index contributed by atoms with van der Waals surface area (Å²) in [4.78, 5) is 11.6. The van der Waals surface area contributed by atoms with Crippen LogP contribution in [-0.2, 0) is 9.53 Å². The molecule has 0 spiro atoms. The SMILES string of the molecule is CC1CC1NC(=O)C1CCCCO1. The van der Waals surface area contributed by atoms with Gasteiger partial charge in [-0.05, 0) is 31.6 Å². The third-order valence-electron chi connectivity index (χ3n) is 2.91. The lowest BCUT2D eigenvalue weighted by molar-refractivity contribution is -0.135. The van der Waals surface area contributed by atoms with Gasteiger partial charge in [0.15, 0.2) is 0 Å². The third kappa shape index (κ3) is 2.21. The summed E-state index contributed by atoms with van der Waals surface area (Å²) >= 11 is 0. The summed E-state index contributed by atoms with van der Waals surface area (Å²) in [6.07, 6.45) is 4.09. The molecule has 1 saturated heterocycles. The Hall–Kier alpha value is -0.570. The van der Waals surface area contributed by atoms with Crippen LogP contribution in [0.2, 0.25) is 0 Å². The standard InChI is InChI=1S/C10H17NO2/c1-7-6-8(7)11-10(12)9-4-2-3-5-13-9/h7-9H,2-6H2,1H3,(H,11,12). The van der Waals surface area contributed by atoms with Crippen LogP contribution in [0.25, 0.3) is 0 Å². The van der Waals surface area contributed by atoms with E-state index in [1.807, 2.05) is 0 Å². The van der Waals surface area contributed by atoms with Crippen molar-refractivity contribution in [2.24, 2.45) is 5.92 Å². The summed E-state index contributed by atoms with van der Waals surface area (Å²) in [6, 6.07) is 0.429. The molecule has 1 N–H and O–H groups in total. The van der Waals surface area contributed by atoms with Gasteiger partial charge in [-0.3, -0.25) is 4.79 Å². The highest BCUT2D eigenvalue weighted by Gasteiger charge is 2.35. The van der Waals surface area contributed by atoms with Gasteiger partial charge in [0.1, 0.15) is 6.10 Å². The van der Waals surface area contributed by atoms with Crippen molar-refractivity contribution >= 4 is 5.91 Å². The first-order chi connectivity index (χ1) is 6.27. The van der Waals surface area contributed by atoms with Gasteiger partial charge >= 0.3 is 0 Å². The summed E-state index contributed by atoms with van der Waals surface area (Å²) in [7, 11) is 0. The third-order valence-corrected chi connectivity index (χ3v) is 2.91. The number of rotatable bonds is 2. The first-order valence-electron chi connectivity index (χ1n) is 5.19. The van der Waals surface area contributed by atoms with E-state index in [9.17, 15) is 4.79 Å². The lowest BCUT2D eigenvalue weighted by Gasteiger charge is -2.21. The van der Waals surface area contributed by atoms with E-state index in [2.05, 4.69) is 12.2 Å². The number of carbonyl (C=O) groups is 1. The average molecular weight is 183 g/mol. The van der Waals surface area contributed by atoms with Crippen LogP contribution in [0, 0.1) is 5.92 Å². The van der Waals surface area contributed by atoms with Gasteiger partial charge in [0.2, 0.25) is 5.91 Å². The monoisotopic (exact) mass is 183 g/mol. The van der Waals surface area contributed by atoms with E-state index >= 15 is 0 Å². The van der Waals surface area contributed by atoms with Crippen molar-refractivity contribution in [1.82, 2.24) is 5.32 Å². The minimum atomic E-state index is -0.165. The van der Waals surface area contributed by atoms with E-state index in [4.69, 9.17) is 4.74 Å². The molecule has 3 heteroatoms. The maximum Gasteiger partial charge on any atom is 0.249 e. The molecule has 0 aromatic rings. The molecule has 0 aromatic carbocycles. The molecule has 13 heavy (non-hydrogen) atoms. The Morgan fingerprint density at radius 1 is 1.46 bits per heavy atom. The topological polar surface area (TPSA) is 38.3 Å². The Bertz CT molecular complexity index is 199. The van der Waals surface area contributed by atoms with E-state index in [-0.39, 0.29) is 12.0 Å². The van der Waals surface area contributed by atoms with E-state index < -0.39 is 0 Å². The average Bonchev–Trinajstić information content (AvgIpc) is 2.83. The zero-order valence-electron chi connectivity index (χ0n) is 8.08. The Morgan fingerprint density at radius 3 is 2.77 bits per heavy atom. The van der Waals surface area contributed by atoms with E-state index in [0.29, 0.717) is 12.0 Å². The zero-order valence-corrected chi connectivity index (χ0v) is 8.08. The Morgan fingerprint density at radius 2 is 2.23 bits per heavy atom. The fourth-order valence-corrected chi connectivity index (χ4v) is 1.75. The van der Waals surface area contributed by atoms with Crippen molar-refractivity contribution < 1.29 is 9.53 Å². The van der Waals surface area contributed by atoms with Crippen molar-refractivity contribution in [2.75, 3.05) is 6.61 Å². The molecule has 74 valence electrons. The number of hydrogen-bond donors (Lipinski definition) is 1. The highest BCUT2D eigenvalue weighted by Crippen LogP contribution is 2.29. The van der Waals surface area contributed by atoms with Gasteiger partial charge in [0.25, 0.3) is 0 Å². The number of amides is 1. The van der Waals surface area contributed by atoms with Gasteiger partial charge in [-0.25, -0.2) is 0 Å². The molecule has 1 aliphatic heterocycles. The predicted octanol–water partition coefficient (Wildman–Crippen LogP) is 1.08. The van der Waals surface area contributed by atoms with E-state index in [1.165, 1.54) is 0 Å². The van der Waals surface area contributed by atoms with Crippen molar-refractivity contribution in [3.8, 4) is 0 Å². The lowest BCUT2D eigenvalue weighted by Crippen LogP contribution is -2.39. The van der Waals surface area contributed by atoms with Crippen LogP contribution in [-0.4, -0.2) is 24.7 Å². The predicted molar refractivity (Wildman–Crippen MR) is 49.3 cm³/mol. The molecular formula is C10H17NO2. The molecule has 2 aliphatic rings. The summed E-state index contributed by atoms with van der Waals surface area (Å²) in [5.74, 6) is 0.779. The van der Waals surface area contributed by atoms with Crippen LogP contribution >= 0.6 is 0 Å². The molecule has 1 aliphatic carbocycles. The van der Waals surface area contributed by atoms with Gasteiger partial charge in [-0.2, -0.15) is 0 Å². The molecule has 1 heterocycles. The highest BCUT2D eigenvalue weighted by molar-refractivity contribution is 5.81. The molecule has 2 rings (SSSR count). The minimum Gasteiger partial charge on any atom is -0.368 e. The minimum absolute atomic E-state index is 0.106. The molecule has 0 radical (unpaired) electrons. The number of ether oxygens (including phenoxy) is 1. The first-order valence-corrected chi connectivity index (χ1v) is 5.19. The lowest BCUT2D eigenvalue weighted by atomic mass is 10.1. The van der Waals surface area contributed by atoms with Gasteiger partial charge in [-0.15, -0.1) is 0 Å². The van der Waals surface area contributed by atoms with Gasteiger partial charge < -0.3 is 10.1 Å². The van der Waals surface area contributed by atoms with Crippen molar-refractivity contribution in [1.29, 1.82) is 0 Å². The Labute approximate surface area is 78.8 Å². The Balaban J connectivity index is 1.75. The molecule has 2 fully saturated rings. The quantitative estimate of drug-likeness (QED) is 0.695. The molecule has 3 unspecified atom stereocenters. The summed E-state index contributed by atoms with van der Waals surface area (Å²) in [5, 5.41) is 3.01.